The van der Waals surface area contributed by atoms with Crippen LogP contribution in [0.2, 0.25) is 5.02 Å². The van der Waals surface area contributed by atoms with Gasteiger partial charge in [0.2, 0.25) is 0 Å². The Balaban J connectivity index is 1.62. The Bertz CT molecular complexity index is 1550. The summed E-state index contributed by atoms with van der Waals surface area (Å²) in [5, 5.41) is 11.3. The van der Waals surface area contributed by atoms with E-state index in [0.29, 0.717) is 78.7 Å². The van der Waals surface area contributed by atoms with Crippen molar-refractivity contribution in [3.8, 4) is 11.5 Å². The predicted molar refractivity (Wildman–Crippen MR) is 176 cm³/mol. The predicted octanol–water partition coefficient (Wildman–Crippen LogP) is 7.95. The van der Waals surface area contributed by atoms with Gasteiger partial charge >= 0.3 is 0 Å². The average molecular weight is 651 g/mol. The maximum atomic E-state index is 14.1. The van der Waals surface area contributed by atoms with Gasteiger partial charge in [0, 0.05) is 73.7 Å². The molecule has 2 aromatic carbocycles. The van der Waals surface area contributed by atoms with Crippen LogP contribution in [0.1, 0.15) is 83.8 Å². The minimum Gasteiger partial charge on any atom is -0.490 e. The normalized spacial score (nSPS) is 19.2. The highest BCUT2D eigenvalue weighted by atomic mass is 35.5. The summed E-state index contributed by atoms with van der Waals surface area (Å²) in [6.45, 7) is 12.0. The molecule has 1 heterocycles. The quantitative estimate of drug-likeness (QED) is 0.137. The summed E-state index contributed by atoms with van der Waals surface area (Å²) in [6.07, 6.45) is 2.97. The number of ether oxygens (including phenoxy) is 3. The van der Waals surface area contributed by atoms with Crippen LogP contribution in [0, 0.1) is 20.9 Å². The van der Waals surface area contributed by atoms with Gasteiger partial charge in [-0.15, -0.1) is 0 Å². The molecular weight excluding hydrogens is 608 g/mol. The van der Waals surface area contributed by atoms with Crippen molar-refractivity contribution in [2.45, 2.75) is 79.2 Å². The summed E-state index contributed by atoms with van der Waals surface area (Å²) in [4.78, 5) is 41.1. The number of allylic oxidation sites excluding steroid dienone is 4. The molecule has 2 aromatic rings. The van der Waals surface area contributed by atoms with Gasteiger partial charge in [-0.3, -0.25) is 19.7 Å². The van der Waals surface area contributed by atoms with E-state index in [1.807, 2.05) is 13.0 Å². The number of non-ortho nitro benzene ring substituents is 1. The van der Waals surface area contributed by atoms with Crippen molar-refractivity contribution in [1.29, 1.82) is 0 Å². The molecule has 9 nitrogen and oxygen atoms in total. The molecule has 0 bridgehead atoms. The number of benzene rings is 2. The molecule has 10 heteroatoms. The Kier molecular flexibility index (Phi) is 9.66. The second-order valence-electron chi connectivity index (χ2n) is 14.0. The van der Waals surface area contributed by atoms with E-state index in [4.69, 9.17) is 25.8 Å². The number of halogens is 1. The van der Waals surface area contributed by atoms with E-state index in [0.717, 1.165) is 23.4 Å². The molecule has 1 aliphatic heterocycles. The number of Topliss-reactive ketones (excluding diaryl/α,β-unsaturated/α-hetero) is 2. The molecule has 0 saturated carbocycles. The van der Waals surface area contributed by atoms with Gasteiger partial charge in [-0.25, -0.2) is 0 Å². The van der Waals surface area contributed by atoms with Crippen molar-refractivity contribution in [3.05, 3.63) is 85.2 Å². The Labute approximate surface area is 275 Å². The summed E-state index contributed by atoms with van der Waals surface area (Å²) >= 11 is 6.93. The van der Waals surface area contributed by atoms with Gasteiger partial charge < -0.3 is 19.1 Å². The first-order valence-electron chi connectivity index (χ1n) is 15.9. The van der Waals surface area contributed by atoms with E-state index in [1.165, 1.54) is 12.1 Å². The molecule has 0 aromatic heterocycles. The lowest BCUT2D eigenvalue weighted by Gasteiger charge is -2.49. The molecule has 46 heavy (non-hydrogen) atoms. The maximum Gasteiger partial charge on any atom is 0.269 e. The van der Waals surface area contributed by atoms with Gasteiger partial charge in [0.05, 0.1) is 16.6 Å². The summed E-state index contributed by atoms with van der Waals surface area (Å²) in [5.41, 5.74) is 4.29. The average Bonchev–Trinajstić information content (AvgIpc) is 2.96. The number of nitro groups is 1. The van der Waals surface area contributed by atoms with Crippen LogP contribution in [0.15, 0.2) is 58.9 Å². The number of hydrogen-bond acceptors (Lipinski definition) is 8. The number of rotatable bonds is 11. The molecule has 5 rings (SSSR count). The zero-order chi connectivity index (χ0) is 33.4. The van der Waals surface area contributed by atoms with Gasteiger partial charge in [-0.1, -0.05) is 39.3 Å². The molecule has 0 spiro atoms. The summed E-state index contributed by atoms with van der Waals surface area (Å²) in [7, 11) is 1.68. The van der Waals surface area contributed by atoms with Crippen molar-refractivity contribution < 1.29 is 28.7 Å². The van der Waals surface area contributed by atoms with E-state index in [1.54, 1.807) is 25.3 Å². The topological polar surface area (TPSA) is 108 Å². The zero-order valence-electron chi connectivity index (χ0n) is 27.5. The van der Waals surface area contributed by atoms with Crippen molar-refractivity contribution in [1.82, 2.24) is 4.90 Å². The smallest absolute Gasteiger partial charge is 0.269 e. The number of carbonyl (C=O) groups excluding carboxylic acids is 2. The maximum absolute atomic E-state index is 14.1. The highest BCUT2D eigenvalue weighted by Gasteiger charge is 2.49. The van der Waals surface area contributed by atoms with Crippen LogP contribution in [0.4, 0.5) is 5.69 Å². The van der Waals surface area contributed by atoms with Gasteiger partial charge in [0.15, 0.2) is 23.1 Å². The molecular formula is C36H43ClN2O7. The summed E-state index contributed by atoms with van der Waals surface area (Å²) < 4.78 is 17.6. The Morgan fingerprint density at radius 1 is 0.935 bits per heavy atom. The molecule has 0 atom stereocenters. The number of carbonyl (C=O) groups is 2. The third-order valence-corrected chi connectivity index (χ3v) is 9.23. The Morgan fingerprint density at radius 2 is 1.52 bits per heavy atom. The van der Waals surface area contributed by atoms with Crippen LogP contribution >= 0.6 is 11.6 Å². The van der Waals surface area contributed by atoms with E-state index in [9.17, 15) is 19.7 Å². The van der Waals surface area contributed by atoms with Crippen molar-refractivity contribution in [2.24, 2.45) is 10.8 Å². The van der Waals surface area contributed by atoms with E-state index in [2.05, 4.69) is 32.6 Å². The third kappa shape index (κ3) is 6.86. The molecule has 0 amide bonds. The number of hydrogen-bond donors (Lipinski definition) is 0. The Morgan fingerprint density at radius 3 is 2.04 bits per heavy atom. The van der Waals surface area contributed by atoms with E-state index in [-0.39, 0.29) is 34.7 Å². The lowest BCUT2D eigenvalue weighted by molar-refractivity contribution is -0.384. The fourth-order valence-corrected chi connectivity index (χ4v) is 7.32. The van der Waals surface area contributed by atoms with E-state index < -0.39 is 10.8 Å². The summed E-state index contributed by atoms with van der Waals surface area (Å²) in [6, 6.07) is 9.76. The number of nitrogens with zero attached hydrogens (tertiary/aromatic N) is 2. The third-order valence-electron chi connectivity index (χ3n) is 8.95. The lowest BCUT2D eigenvalue weighted by atomic mass is 9.63. The second-order valence-corrected chi connectivity index (χ2v) is 14.4. The van der Waals surface area contributed by atoms with Gasteiger partial charge in [-0.2, -0.15) is 0 Å². The first-order valence-corrected chi connectivity index (χ1v) is 16.2. The van der Waals surface area contributed by atoms with Crippen molar-refractivity contribution in [3.63, 3.8) is 0 Å². The van der Waals surface area contributed by atoms with Crippen LogP contribution in [-0.2, 0) is 20.9 Å². The standard InChI is InChI=1S/C36H43ClN2O7/c1-7-45-30-16-23(15-25(37)34(30)46-21-22-9-11-24(12-10-22)39(42)43)31-32-26(17-35(2,3)19-28(32)40)38(13-8-14-44-6)27-18-36(4,5)20-29(41)33(27)31/h9-12,15-16,31H,7-8,13-14,17-21H2,1-6H3. The summed E-state index contributed by atoms with van der Waals surface area (Å²) in [5.74, 6) is 0.259. The van der Waals surface area contributed by atoms with Crippen LogP contribution in [0.3, 0.4) is 0 Å². The molecule has 3 aliphatic rings. The highest BCUT2D eigenvalue weighted by Crippen LogP contribution is 2.55. The minimum atomic E-state index is -0.573. The largest absolute Gasteiger partial charge is 0.490 e. The fourth-order valence-electron chi connectivity index (χ4n) is 7.05. The molecule has 0 N–H and O–H groups in total. The minimum absolute atomic E-state index is 0.00507. The van der Waals surface area contributed by atoms with Crippen LogP contribution in [0.25, 0.3) is 0 Å². The lowest BCUT2D eigenvalue weighted by Crippen LogP contribution is -2.44. The number of ketones is 2. The monoisotopic (exact) mass is 650 g/mol. The van der Waals surface area contributed by atoms with Crippen molar-refractivity contribution >= 4 is 28.9 Å². The second kappa shape index (κ2) is 13.2. The number of methoxy groups -OCH3 is 1. The molecule has 0 fully saturated rings. The molecule has 246 valence electrons. The highest BCUT2D eigenvalue weighted by molar-refractivity contribution is 6.32. The van der Waals surface area contributed by atoms with Gasteiger partial charge in [-0.05, 0) is 72.4 Å². The van der Waals surface area contributed by atoms with Gasteiger partial charge in [0.25, 0.3) is 5.69 Å². The van der Waals surface area contributed by atoms with Crippen LogP contribution in [0.5, 0.6) is 11.5 Å². The first kappa shape index (κ1) is 33.7. The molecule has 2 aliphatic carbocycles. The van der Waals surface area contributed by atoms with Crippen molar-refractivity contribution in [2.75, 3.05) is 26.9 Å². The van der Waals surface area contributed by atoms with Crippen LogP contribution < -0.4 is 9.47 Å². The zero-order valence-corrected chi connectivity index (χ0v) is 28.3. The van der Waals surface area contributed by atoms with E-state index >= 15 is 0 Å². The Hall–Kier alpha value is -3.69. The van der Waals surface area contributed by atoms with Gasteiger partial charge in [0.1, 0.15) is 6.61 Å². The van der Waals surface area contributed by atoms with Crippen LogP contribution in [-0.4, -0.2) is 48.3 Å². The molecule has 0 unspecified atom stereocenters. The molecule has 0 saturated heterocycles. The first-order chi connectivity index (χ1) is 21.7. The number of nitro benzene ring substituents is 1. The SMILES string of the molecule is CCOc1cc(C2C3=C(CC(C)(C)CC3=O)N(CCCOC)C3=C2C(=O)CC(C)(C)C3)cc(Cl)c1OCc1ccc([N+](=O)[O-])cc1. The fraction of sp³-hybridized carbons (Fsp3) is 0.500. The molecule has 0 radical (unpaired) electrons.